The highest BCUT2D eigenvalue weighted by molar-refractivity contribution is 5.65. The minimum atomic E-state index is -4.81. The molecule has 0 aliphatic rings. The zero-order chi connectivity index (χ0) is 22.9. The van der Waals surface area contributed by atoms with Crippen molar-refractivity contribution in [1.29, 1.82) is 0 Å². The topological polar surface area (TPSA) is 61.5 Å². The van der Waals surface area contributed by atoms with Crippen LogP contribution in [0.1, 0.15) is 24.5 Å². The molecule has 0 bridgehead atoms. The van der Waals surface area contributed by atoms with Gasteiger partial charge in [0.25, 0.3) is 0 Å². The van der Waals surface area contributed by atoms with Gasteiger partial charge in [0.2, 0.25) is 5.82 Å². The molecule has 0 radical (unpaired) electrons. The Morgan fingerprint density at radius 3 is 2.25 bits per heavy atom. The molecule has 0 saturated carbocycles. The summed E-state index contributed by atoms with van der Waals surface area (Å²) in [6.45, 7) is 1.44. The smallest absolute Gasteiger partial charge is 0.406 e. The van der Waals surface area contributed by atoms with Crippen LogP contribution < -0.4 is 4.74 Å². The molecule has 0 spiro atoms. The van der Waals surface area contributed by atoms with Crippen molar-refractivity contribution in [3.63, 3.8) is 0 Å². The van der Waals surface area contributed by atoms with E-state index in [1.165, 1.54) is 37.5 Å². The van der Waals surface area contributed by atoms with E-state index in [9.17, 15) is 22.0 Å². The first kappa shape index (κ1) is 21.6. The van der Waals surface area contributed by atoms with Crippen molar-refractivity contribution in [2.75, 3.05) is 0 Å². The Labute approximate surface area is 178 Å². The van der Waals surface area contributed by atoms with E-state index in [-0.39, 0.29) is 5.65 Å². The minimum Gasteiger partial charge on any atom is -0.406 e. The SMILES string of the molecule is CC(OC(F)(F)c1nnc2ccc(-c3ccc(OC(F)(F)F)cc3)cn12)c1ccccn1. The van der Waals surface area contributed by atoms with Crippen molar-refractivity contribution in [2.24, 2.45) is 0 Å². The average molecular weight is 450 g/mol. The van der Waals surface area contributed by atoms with E-state index < -0.39 is 30.1 Å². The minimum absolute atomic E-state index is 0.148. The normalized spacial score (nSPS) is 13.3. The van der Waals surface area contributed by atoms with Gasteiger partial charge in [-0.3, -0.25) is 9.38 Å². The lowest BCUT2D eigenvalue weighted by molar-refractivity contribution is -0.278. The molecule has 3 heterocycles. The summed E-state index contributed by atoms with van der Waals surface area (Å²) in [7, 11) is 0. The summed E-state index contributed by atoms with van der Waals surface area (Å²) >= 11 is 0. The second-order valence-corrected chi connectivity index (χ2v) is 6.77. The maximum absolute atomic E-state index is 14.9. The first-order chi connectivity index (χ1) is 15.1. The number of fused-ring (bicyclic) bond motifs is 1. The number of pyridine rings is 2. The highest BCUT2D eigenvalue weighted by Gasteiger charge is 2.41. The molecule has 0 saturated heterocycles. The van der Waals surface area contributed by atoms with Crippen LogP contribution in [-0.2, 0) is 10.8 Å². The lowest BCUT2D eigenvalue weighted by atomic mass is 10.1. The van der Waals surface area contributed by atoms with E-state index in [1.807, 2.05) is 0 Å². The largest absolute Gasteiger partial charge is 0.573 e. The summed E-state index contributed by atoms with van der Waals surface area (Å²) < 4.78 is 76.7. The molecule has 0 N–H and O–H groups in total. The average Bonchev–Trinajstić information content (AvgIpc) is 3.18. The van der Waals surface area contributed by atoms with Crippen LogP contribution in [0.3, 0.4) is 0 Å². The van der Waals surface area contributed by atoms with Crippen LogP contribution in [0.15, 0.2) is 67.0 Å². The van der Waals surface area contributed by atoms with Crippen molar-refractivity contribution < 1.29 is 31.4 Å². The Hall–Kier alpha value is -3.60. The molecule has 32 heavy (non-hydrogen) atoms. The maximum atomic E-state index is 14.9. The third-order valence-corrected chi connectivity index (χ3v) is 4.51. The van der Waals surface area contributed by atoms with Gasteiger partial charge in [0.15, 0.2) is 5.65 Å². The van der Waals surface area contributed by atoms with Gasteiger partial charge in [0.1, 0.15) is 11.9 Å². The van der Waals surface area contributed by atoms with Crippen molar-refractivity contribution in [2.45, 2.75) is 25.5 Å². The van der Waals surface area contributed by atoms with Crippen LogP contribution in [0.25, 0.3) is 16.8 Å². The third kappa shape index (κ3) is 4.67. The second kappa shape index (κ2) is 8.15. The molecule has 4 aromatic rings. The Morgan fingerprint density at radius 2 is 1.59 bits per heavy atom. The van der Waals surface area contributed by atoms with Gasteiger partial charge in [0, 0.05) is 12.4 Å². The highest BCUT2D eigenvalue weighted by Crippen LogP contribution is 2.34. The maximum Gasteiger partial charge on any atom is 0.573 e. The first-order valence-electron chi connectivity index (χ1n) is 9.30. The van der Waals surface area contributed by atoms with Crippen LogP contribution in [0.2, 0.25) is 0 Å². The molecule has 0 fully saturated rings. The van der Waals surface area contributed by atoms with E-state index >= 15 is 0 Å². The van der Waals surface area contributed by atoms with Crippen LogP contribution in [0, 0.1) is 0 Å². The zero-order valence-corrected chi connectivity index (χ0v) is 16.4. The van der Waals surface area contributed by atoms with Gasteiger partial charge in [-0.05, 0) is 54.4 Å². The Balaban J connectivity index is 1.62. The van der Waals surface area contributed by atoms with Crippen molar-refractivity contribution in [3.8, 4) is 16.9 Å². The number of alkyl halides is 5. The fourth-order valence-electron chi connectivity index (χ4n) is 3.06. The summed E-state index contributed by atoms with van der Waals surface area (Å²) in [6, 6.07) is 12.9. The van der Waals surface area contributed by atoms with Crippen LogP contribution in [-0.4, -0.2) is 25.9 Å². The van der Waals surface area contributed by atoms with Gasteiger partial charge >= 0.3 is 12.5 Å². The van der Waals surface area contributed by atoms with Crippen molar-refractivity contribution >= 4 is 5.65 Å². The van der Waals surface area contributed by atoms with Gasteiger partial charge in [-0.2, -0.15) is 8.78 Å². The second-order valence-electron chi connectivity index (χ2n) is 6.77. The summed E-state index contributed by atoms with van der Waals surface area (Å²) in [4.78, 5) is 4.01. The molecule has 0 aliphatic heterocycles. The van der Waals surface area contributed by atoms with Crippen LogP contribution in [0.4, 0.5) is 22.0 Å². The predicted molar refractivity (Wildman–Crippen MR) is 103 cm³/mol. The van der Waals surface area contributed by atoms with Gasteiger partial charge in [-0.25, -0.2) is 0 Å². The van der Waals surface area contributed by atoms with E-state index in [1.54, 1.807) is 24.3 Å². The molecule has 1 atom stereocenters. The lowest BCUT2D eigenvalue weighted by Crippen LogP contribution is -2.24. The Kier molecular flexibility index (Phi) is 5.51. The molecule has 4 rings (SSSR count). The summed E-state index contributed by atoms with van der Waals surface area (Å²) in [6.07, 6.45) is -6.80. The zero-order valence-electron chi connectivity index (χ0n) is 16.4. The fraction of sp³-hybridized carbons (Fsp3) is 0.190. The van der Waals surface area contributed by atoms with Gasteiger partial charge in [-0.15, -0.1) is 23.4 Å². The molecule has 0 amide bonds. The number of aromatic nitrogens is 4. The quantitative estimate of drug-likeness (QED) is 0.362. The molecule has 6 nitrogen and oxygen atoms in total. The first-order valence-corrected chi connectivity index (χ1v) is 9.30. The van der Waals surface area contributed by atoms with E-state index in [4.69, 9.17) is 4.74 Å². The number of hydrogen-bond acceptors (Lipinski definition) is 5. The molecule has 166 valence electrons. The number of nitrogens with zero attached hydrogens (tertiary/aromatic N) is 4. The van der Waals surface area contributed by atoms with E-state index in [2.05, 4.69) is 19.9 Å². The van der Waals surface area contributed by atoms with E-state index in [0.29, 0.717) is 16.8 Å². The number of halogens is 5. The summed E-state index contributed by atoms with van der Waals surface area (Å²) in [5.74, 6) is -1.13. The van der Waals surface area contributed by atoms with Gasteiger partial charge < -0.3 is 9.47 Å². The molecule has 0 aliphatic carbocycles. The Bertz CT molecular complexity index is 1210. The van der Waals surface area contributed by atoms with Crippen molar-refractivity contribution in [3.05, 3.63) is 78.5 Å². The highest BCUT2D eigenvalue weighted by atomic mass is 19.4. The van der Waals surface area contributed by atoms with Crippen LogP contribution >= 0.6 is 0 Å². The molecule has 1 unspecified atom stereocenters. The molecule has 3 aromatic heterocycles. The third-order valence-electron chi connectivity index (χ3n) is 4.51. The predicted octanol–water partition coefficient (Wildman–Crippen LogP) is 5.52. The summed E-state index contributed by atoms with van der Waals surface area (Å²) in [5.41, 5.74) is 1.40. The number of rotatable bonds is 6. The molecular weight excluding hydrogens is 435 g/mol. The lowest BCUT2D eigenvalue weighted by Gasteiger charge is -2.20. The molecule has 1 aromatic carbocycles. The number of hydrogen-bond donors (Lipinski definition) is 0. The summed E-state index contributed by atoms with van der Waals surface area (Å²) in [5, 5.41) is 7.32. The van der Waals surface area contributed by atoms with Crippen molar-refractivity contribution in [1.82, 2.24) is 19.6 Å². The number of benzene rings is 1. The Morgan fingerprint density at radius 1 is 0.875 bits per heavy atom. The van der Waals surface area contributed by atoms with Gasteiger partial charge in [0.05, 0.1) is 5.69 Å². The monoisotopic (exact) mass is 450 g/mol. The van der Waals surface area contributed by atoms with E-state index in [0.717, 1.165) is 16.5 Å². The van der Waals surface area contributed by atoms with Crippen LogP contribution in [0.5, 0.6) is 5.75 Å². The molecule has 11 heteroatoms. The van der Waals surface area contributed by atoms with Gasteiger partial charge in [-0.1, -0.05) is 18.2 Å². The fourth-order valence-corrected chi connectivity index (χ4v) is 3.06. The number of ether oxygens (including phenoxy) is 2. The standard InChI is InChI=1S/C21H15F5N4O2/c1-13(17-4-2-3-11-27-17)31-20(22,23)19-29-28-18-10-7-15(12-30(18)19)14-5-8-16(9-6-14)32-21(24,25)26/h2-13H,1H3. The molecular formula is C21H15F5N4O2.